The SMILES string of the molecule is CC(=O)N(CCc1ccccc1F)CC(=O)Nc1ccc2c(c1)OCCO2. The number of benzene rings is 2. The van der Waals surface area contributed by atoms with Crippen molar-refractivity contribution >= 4 is 17.5 Å². The highest BCUT2D eigenvalue weighted by atomic mass is 19.1. The van der Waals surface area contributed by atoms with Crippen molar-refractivity contribution in [3.8, 4) is 11.5 Å². The zero-order chi connectivity index (χ0) is 19.2. The molecule has 0 unspecified atom stereocenters. The van der Waals surface area contributed by atoms with Crippen LogP contribution in [0.5, 0.6) is 11.5 Å². The maximum absolute atomic E-state index is 13.7. The summed E-state index contributed by atoms with van der Waals surface area (Å²) in [5.41, 5.74) is 1.07. The monoisotopic (exact) mass is 372 g/mol. The highest BCUT2D eigenvalue weighted by Crippen LogP contribution is 2.32. The molecule has 0 saturated heterocycles. The van der Waals surface area contributed by atoms with Crippen molar-refractivity contribution in [2.45, 2.75) is 13.3 Å². The average Bonchev–Trinajstić information content (AvgIpc) is 2.66. The van der Waals surface area contributed by atoms with Crippen LogP contribution in [0.1, 0.15) is 12.5 Å². The molecule has 2 aromatic rings. The van der Waals surface area contributed by atoms with Gasteiger partial charge in [-0.25, -0.2) is 4.39 Å². The molecule has 1 N–H and O–H groups in total. The third kappa shape index (κ3) is 4.97. The molecule has 0 saturated carbocycles. The number of amides is 2. The van der Waals surface area contributed by atoms with Crippen LogP contribution < -0.4 is 14.8 Å². The molecule has 0 radical (unpaired) electrons. The molecule has 3 rings (SSSR count). The minimum atomic E-state index is -0.338. The van der Waals surface area contributed by atoms with Gasteiger partial charge in [0.25, 0.3) is 0 Å². The Kier molecular flexibility index (Phi) is 5.90. The van der Waals surface area contributed by atoms with Gasteiger partial charge in [-0.05, 0) is 30.2 Å². The second kappa shape index (κ2) is 8.53. The van der Waals surface area contributed by atoms with E-state index in [-0.39, 0.29) is 30.7 Å². The van der Waals surface area contributed by atoms with Crippen LogP contribution in [0.3, 0.4) is 0 Å². The minimum absolute atomic E-state index is 0.113. The first-order valence-corrected chi connectivity index (χ1v) is 8.71. The second-order valence-electron chi connectivity index (χ2n) is 6.19. The Morgan fingerprint density at radius 2 is 1.85 bits per heavy atom. The number of nitrogens with one attached hydrogen (secondary N) is 1. The fraction of sp³-hybridized carbons (Fsp3) is 0.300. The lowest BCUT2D eigenvalue weighted by molar-refractivity contribution is -0.132. The number of halogens is 1. The van der Waals surface area contributed by atoms with Crippen LogP contribution in [0.4, 0.5) is 10.1 Å². The van der Waals surface area contributed by atoms with Crippen molar-refractivity contribution in [2.24, 2.45) is 0 Å². The van der Waals surface area contributed by atoms with Gasteiger partial charge < -0.3 is 19.7 Å². The highest BCUT2D eigenvalue weighted by molar-refractivity contribution is 5.94. The third-order valence-corrected chi connectivity index (χ3v) is 4.21. The van der Waals surface area contributed by atoms with Gasteiger partial charge >= 0.3 is 0 Å². The lowest BCUT2D eigenvalue weighted by Gasteiger charge is -2.21. The number of hydrogen-bond donors (Lipinski definition) is 1. The van der Waals surface area contributed by atoms with Crippen molar-refractivity contribution in [3.05, 3.63) is 53.8 Å². The molecule has 7 heteroatoms. The molecule has 0 atom stereocenters. The van der Waals surface area contributed by atoms with Crippen molar-refractivity contribution in [1.29, 1.82) is 0 Å². The molecular formula is C20H21FN2O4. The van der Waals surface area contributed by atoms with Crippen LogP contribution >= 0.6 is 0 Å². The highest BCUT2D eigenvalue weighted by Gasteiger charge is 2.16. The molecule has 6 nitrogen and oxygen atoms in total. The topological polar surface area (TPSA) is 67.9 Å². The lowest BCUT2D eigenvalue weighted by Crippen LogP contribution is -2.38. The molecule has 1 aliphatic heterocycles. The van der Waals surface area contributed by atoms with E-state index in [4.69, 9.17) is 9.47 Å². The summed E-state index contributed by atoms with van der Waals surface area (Å²) in [6, 6.07) is 11.5. The first-order valence-electron chi connectivity index (χ1n) is 8.71. The van der Waals surface area contributed by atoms with Gasteiger partial charge in [-0.15, -0.1) is 0 Å². The smallest absolute Gasteiger partial charge is 0.243 e. The quantitative estimate of drug-likeness (QED) is 0.847. The van der Waals surface area contributed by atoms with E-state index < -0.39 is 0 Å². The van der Waals surface area contributed by atoms with Crippen LogP contribution in [0.2, 0.25) is 0 Å². The van der Waals surface area contributed by atoms with Gasteiger partial charge in [-0.2, -0.15) is 0 Å². The van der Waals surface area contributed by atoms with Crippen LogP contribution in [-0.2, 0) is 16.0 Å². The maximum atomic E-state index is 13.7. The van der Waals surface area contributed by atoms with Gasteiger partial charge in [0.2, 0.25) is 11.8 Å². The Hall–Kier alpha value is -3.09. The predicted molar refractivity (Wildman–Crippen MR) is 98.4 cm³/mol. The Morgan fingerprint density at radius 1 is 1.11 bits per heavy atom. The molecule has 1 heterocycles. The summed E-state index contributed by atoms with van der Waals surface area (Å²) < 4.78 is 24.7. The van der Waals surface area contributed by atoms with E-state index >= 15 is 0 Å². The lowest BCUT2D eigenvalue weighted by atomic mass is 10.1. The minimum Gasteiger partial charge on any atom is -0.486 e. The number of carbonyl (C=O) groups excluding carboxylic acids is 2. The summed E-state index contributed by atoms with van der Waals surface area (Å²) in [6.45, 7) is 2.48. The number of fused-ring (bicyclic) bond motifs is 1. The van der Waals surface area contributed by atoms with Gasteiger partial charge in [0.05, 0.1) is 6.54 Å². The zero-order valence-electron chi connectivity index (χ0n) is 15.0. The summed E-state index contributed by atoms with van der Waals surface area (Å²) in [6.07, 6.45) is 0.337. The summed E-state index contributed by atoms with van der Waals surface area (Å²) in [4.78, 5) is 25.6. The summed E-state index contributed by atoms with van der Waals surface area (Å²) in [5, 5.41) is 2.74. The van der Waals surface area contributed by atoms with Gasteiger partial charge in [0, 0.05) is 25.2 Å². The van der Waals surface area contributed by atoms with Gasteiger partial charge in [0.1, 0.15) is 19.0 Å². The van der Waals surface area contributed by atoms with Gasteiger partial charge in [0.15, 0.2) is 11.5 Å². The van der Waals surface area contributed by atoms with Crippen LogP contribution in [0, 0.1) is 5.82 Å². The number of rotatable bonds is 6. The number of nitrogens with zero attached hydrogens (tertiary/aromatic N) is 1. The molecule has 0 fully saturated rings. The largest absolute Gasteiger partial charge is 0.486 e. The van der Waals surface area contributed by atoms with Crippen molar-refractivity contribution in [1.82, 2.24) is 4.90 Å². The van der Waals surface area contributed by atoms with E-state index in [9.17, 15) is 14.0 Å². The molecule has 2 aromatic carbocycles. The third-order valence-electron chi connectivity index (χ3n) is 4.21. The molecule has 0 aromatic heterocycles. The van der Waals surface area contributed by atoms with Crippen molar-refractivity contribution in [2.75, 3.05) is 31.6 Å². The average molecular weight is 372 g/mol. The zero-order valence-corrected chi connectivity index (χ0v) is 15.0. The maximum Gasteiger partial charge on any atom is 0.243 e. The molecular weight excluding hydrogens is 351 g/mol. The van der Waals surface area contributed by atoms with Crippen LogP contribution in [-0.4, -0.2) is 43.0 Å². The molecule has 142 valence electrons. The van der Waals surface area contributed by atoms with E-state index in [1.54, 1.807) is 36.4 Å². The van der Waals surface area contributed by atoms with Crippen molar-refractivity contribution < 1.29 is 23.5 Å². The number of hydrogen-bond acceptors (Lipinski definition) is 4. The Morgan fingerprint density at radius 3 is 2.59 bits per heavy atom. The molecule has 27 heavy (non-hydrogen) atoms. The molecule has 1 aliphatic rings. The molecule has 0 spiro atoms. The summed E-state index contributed by atoms with van der Waals surface area (Å²) >= 11 is 0. The van der Waals surface area contributed by atoms with Gasteiger partial charge in [-0.3, -0.25) is 9.59 Å². The normalized spacial score (nSPS) is 12.4. The Balaban J connectivity index is 1.58. The van der Waals surface area contributed by atoms with E-state index in [0.29, 0.717) is 42.4 Å². The number of ether oxygens (including phenoxy) is 2. The molecule has 0 bridgehead atoms. The van der Waals surface area contributed by atoms with Crippen molar-refractivity contribution in [3.63, 3.8) is 0 Å². The number of carbonyl (C=O) groups is 2. The first kappa shape index (κ1) is 18.7. The van der Waals surface area contributed by atoms with E-state index in [0.717, 1.165) is 0 Å². The Bertz CT molecular complexity index is 840. The molecule has 2 amide bonds. The molecule has 0 aliphatic carbocycles. The Labute approximate surface area is 156 Å². The second-order valence-corrected chi connectivity index (χ2v) is 6.19. The van der Waals surface area contributed by atoms with E-state index in [2.05, 4.69) is 5.32 Å². The van der Waals surface area contributed by atoms with E-state index in [1.807, 2.05) is 0 Å². The fourth-order valence-electron chi connectivity index (χ4n) is 2.80. The van der Waals surface area contributed by atoms with Crippen LogP contribution in [0.15, 0.2) is 42.5 Å². The standard InChI is InChI=1S/C20H21FN2O4/c1-14(24)23(9-8-15-4-2-3-5-17(15)21)13-20(25)22-16-6-7-18-19(12-16)27-11-10-26-18/h2-7,12H,8-11,13H2,1H3,(H,22,25). The van der Waals surface area contributed by atoms with Crippen LogP contribution in [0.25, 0.3) is 0 Å². The first-order chi connectivity index (χ1) is 13.0. The number of anilines is 1. The summed E-state index contributed by atoms with van der Waals surface area (Å²) in [5.74, 6) is 0.303. The predicted octanol–water partition coefficient (Wildman–Crippen LogP) is 2.63. The van der Waals surface area contributed by atoms with E-state index in [1.165, 1.54) is 17.9 Å². The van der Waals surface area contributed by atoms with Gasteiger partial charge in [-0.1, -0.05) is 18.2 Å². The fourth-order valence-corrected chi connectivity index (χ4v) is 2.80. The summed E-state index contributed by atoms with van der Waals surface area (Å²) in [7, 11) is 0.